The SMILES string of the molecule is Cc1nc(-c2cccc(NC(=O)N[C@@H](C)c3nnc(C(C)C)o3)c2)cs1. The van der Waals surface area contributed by atoms with Gasteiger partial charge in [0.25, 0.3) is 0 Å². The Morgan fingerprint density at radius 1 is 1.19 bits per heavy atom. The van der Waals surface area contributed by atoms with Crippen LogP contribution in [-0.2, 0) is 0 Å². The first-order valence-electron chi connectivity index (χ1n) is 8.35. The van der Waals surface area contributed by atoms with Crippen LogP contribution in [0.4, 0.5) is 10.5 Å². The summed E-state index contributed by atoms with van der Waals surface area (Å²) in [7, 11) is 0. The van der Waals surface area contributed by atoms with Crippen LogP contribution in [0.15, 0.2) is 34.1 Å². The van der Waals surface area contributed by atoms with Gasteiger partial charge in [-0.05, 0) is 26.0 Å². The lowest BCUT2D eigenvalue weighted by Gasteiger charge is -2.12. The van der Waals surface area contributed by atoms with Gasteiger partial charge in [0, 0.05) is 22.5 Å². The zero-order valence-corrected chi connectivity index (χ0v) is 15.9. The fourth-order valence-electron chi connectivity index (χ4n) is 2.33. The topological polar surface area (TPSA) is 92.9 Å². The number of rotatable bonds is 5. The summed E-state index contributed by atoms with van der Waals surface area (Å²) in [6.45, 7) is 7.71. The Kier molecular flexibility index (Phi) is 5.32. The minimum absolute atomic E-state index is 0.148. The molecule has 1 aromatic carbocycles. The highest BCUT2D eigenvalue weighted by atomic mass is 32.1. The van der Waals surface area contributed by atoms with E-state index in [-0.39, 0.29) is 18.0 Å². The standard InChI is InChI=1S/C18H21N5O2S/c1-10(2)16-22-23-17(25-16)11(3)19-18(24)21-14-7-5-6-13(8-14)15-9-26-12(4)20-15/h5-11H,1-4H3,(H2,19,21,24)/t11-/m0/s1. The van der Waals surface area contributed by atoms with Crippen LogP contribution in [0.3, 0.4) is 0 Å². The monoisotopic (exact) mass is 371 g/mol. The van der Waals surface area contributed by atoms with Crippen molar-refractivity contribution in [1.82, 2.24) is 20.5 Å². The number of benzene rings is 1. The first kappa shape index (κ1) is 18.1. The van der Waals surface area contributed by atoms with E-state index in [1.54, 1.807) is 18.3 Å². The van der Waals surface area contributed by atoms with Gasteiger partial charge in [0.05, 0.1) is 10.7 Å². The lowest BCUT2D eigenvalue weighted by Crippen LogP contribution is -2.31. The molecule has 7 nitrogen and oxygen atoms in total. The predicted molar refractivity (Wildman–Crippen MR) is 101 cm³/mol. The molecular formula is C18H21N5O2S. The number of carbonyl (C=O) groups excluding carboxylic acids is 1. The molecule has 0 radical (unpaired) electrons. The molecule has 0 saturated heterocycles. The minimum atomic E-state index is -0.389. The second-order valence-electron chi connectivity index (χ2n) is 6.29. The Labute approximate surface area is 155 Å². The smallest absolute Gasteiger partial charge is 0.319 e. The van der Waals surface area contributed by atoms with Crippen molar-refractivity contribution in [2.24, 2.45) is 0 Å². The van der Waals surface area contributed by atoms with E-state index in [9.17, 15) is 4.79 Å². The number of hydrogen-bond donors (Lipinski definition) is 2. The number of hydrogen-bond acceptors (Lipinski definition) is 6. The van der Waals surface area contributed by atoms with Crippen molar-refractivity contribution in [2.45, 2.75) is 39.7 Å². The number of aryl methyl sites for hydroxylation is 1. The van der Waals surface area contributed by atoms with Crippen LogP contribution >= 0.6 is 11.3 Å². The zero-order chi connectivity index (χ0) is 18.7. The zero-order valence-electron chi connectivity index (χ0n) is 15.1. The van der Waals surface area contributed by atoms with Crippen molar-refractivity contribution >= 4 is 23.1 Å². The van der Waals surface area contributed by atoms with Crippen LogP contribution in [0.1, 0.15) is 49.5 Å². The highest BCUT2D eigenvalue weighted by molar-refractivity contribution is 7.09. The molecule has 2 amide bonds. The van der Waals surface area contributed by atoms with E-state index in [0.29, 0.717) is 17.5 Å². The second kappa shape index (κ2) is 7.65. The van der Waals surface area contributed by atoms with Crippen LogP contribution in [0.25, 0.3) is 11.3 Å². The van der Waals surface area contributed by atoms with E-state index in [4.69, 9.17) is 4.42 Å². The summed E-state index contributed by atoms with van der Waals surface area (Å²) in [6, 6.07) is 6.84. The van der Waals surface area contributed by atoms with Crippen molar-refractivity contribution in [3.63, 3.8) is 0 Å². The summed E-state index contributed by atoms with van der Waals surface area (Å²) >= 11 is 1.59. The summed E-state index contributed by atoms with van der Waals surface area (Å²) in [5.41, 5.74) is 2.54. The van der Waals surface area contributed by atoms with Crippen molar-refractivity contribution in [2.75, 3.05) is 5.32 Å². The largest absolute Gasteiger partial charge is 0.423 e. The Morgan fingerprint density at radius 2 is 1.96 bits per heavy atom. The molecular weight excluding hydrogens is 350 g/mol. The lowest BCUT2D eigenvalue weighted by atomic mass is 10.1. The number of thiazole rings is 1. The van der Waals surface area contributed by atoms with Gasteiger partial charge in [-0.3, -0.25) is 0 Å². The molecule has 0 unspecified atom stereocenters. The minimum Gasteiger partial charge on any atom is -0.423 e. The Morgan fingerprint density at radius 3 is 2.62 bits per heavy atom. The quantitative estimate of drug-likeness (QED) is 0.688. The number of nitrogens with one attached hydrogen (secondary N) is 2. The third-order valence-corrected chi connectivity index (χ3v) is 4.48. The van der Waals surface area contributed by atoms with E-state index < -0.39 is 0 Å². The Bertz CT molecular complexity index is 902. The van der Waals surface area contributed by atoms with Gasteiger partial charge in [0.15, 0.2) is 0 Å². The van der Waals surface area contributed by atoms with Crippen LogP contribution in [0, 0.1) is 6.92 Å². The molecule has 0 aliphatic carbocycles. The van der Waals surface area contributed by atoms with Crippen molar-refractivity contribution in [3.05, 3.63) is 46.4 Å². The molecule has 2 aromatic heterocycles. The third-order valence-electron chi connectivity index (χ3n) is 3.70. The number of carbonyl (C=O) groups is 1. The molecule has 0 aliphatic heterocycles. The Hall–Kier alpha value is -2.74. The number of nitrogens with zero attached hydrogens (tertiary/aromatic N) is 3. The van der Waals surface area contributed by atoms with Gasteiger partial charge in [-0.2, -0.15) is 0 Å². The van der Waals surface area contributed by atoms with Crippen molar-refractivity contribution < 1.29 is 9.21 Å². The van der Waals surface area contributed by atoms with Crippen LogP contribution in [0.2, 0.25) is 0 Å². The average Bonchev–Trinajstić information content (AvgIpc) is 3.24. The summed E-state index contributed by atoms with van der Waals surface area (Å²) in [4.78, 5) is 16.7. The normalized spacial score (nSPS) is 12.2. The Balaban J connectivity index is 1.64. The maximum atomic E-state index is 12.3. The van der Waals surface area contributed by atoms with Gasteiger partial charge in [0.2, 0.25) is 11.8 Å². The average molecular weight is 371 g/mol. The predicted octanol–water partition coefficient (Wildman–Crippen LogP) is 4.51. The highest BCUT2D eigenvalue weighted by Gasteiger charge is 2.17. The fraction of sp³-hybridized carbons (Fsp3) is 0.333. The number of urea groups is 1. The van der Waals surface area contributed by atoms with Gasteiger partial charge in [-0.25, -0.2) is 9.78 Å². The molecule has 0 bridgehead atoms. The molecule has 2 N–H and O–H groups in total. The molecule has 0 spiro atoms. The maximum Gasteiger partial charge on any atom is 0.319 e. The van der Waals surface area contributed by atoms with E-state index in [0.717, 1.165) is 16.3 Å². The van der Waals surface area contributed by atoms with E-state index >= 15 is 0 Å². The number of anilines is 1. The molecule has 2 heterocycles. The highest BCUT2D eigenvalue weighted by Crippen LogP contribution is 2.24. The maximum absolute atomic E-state index is 12.3. The van der Waals surface area contributed by atoms with Gasteiger partial charge in [-0.1, -0.05) is 26.0 Å². The van der Waals surface area contributed by atoms with Crippen molar-refractivity contribution in [3.8, 4) is 11.3 Å². The van der Waals surface area contributed by atoms with Gasteiger partial charge < -0.3 is 15.1 Å². The van der Waals surface area contributed by atoms with Gasteiger partial charge in [-0.15, -0.1) is 21.5 Å². The molecule has 3 aromatic rings. The summed E-state index contributed by atoms with van der Waals surface area (Å²) in [5.74, 6) is 1.09. The second-order valence-corrected chi connectivity index (χ2v) is 7.35. The molecule has 3 rings (SSSR count). The van der Waals surface area contributed by atoms with E-state index in [1.165, 1.54) is 0 Å². The fourth-order valence-corrected chi connectivity index (χ4v) is 2.95. The summed E-state index contributed by atoms with van der Waals surface area (Å²) in [6.07, 6.45) is 0. The van der Waals surface area contributed by atoms with Crippen LogP contribution in [0.5, 0.6) is 0 Å². The molecule has 8 heteroatoms. The van der Waals surface area contributed by atoms with E-state index in [1.807, 2.05) is 50.4 Å². The van der Waals surface area contributed by atoms with Gasteiger partial charge >= 0.3 is 6.03 Å². The van der Waals surface area contributed by atoms with Gasteiger partial charge in [0.1, 0.15) is 6.04 Å². The molecule has 0 saturated carbocycles. The van der Waals surface area contributed by atoms with Crippen molar-refractivity contribution in [1.29, 1.82) is 0 Å². The number of aromatic nitrogens is 3. The molecule has 136 valence electrons. The molecule has 0 fully saturated rings. The van der Waals surface area contributed by atoms with Crippen LogP contribution < -0.4 is 10.6 Å². The van der Waals surface area contributed by atoms with Crippen LogP contribution in [-0.4, -0.2) is 21.2 Å². The third kappa shape index (κ3) is 4.26. The summed E-state index contributed by atoms with van der Waals surface area (Å²) in [5, 5.41) is 16.6. The molecule has 26 heavy (non-hydrogen) atoms. The molecule has 0 aliphatic rings. The number of amides is 2. The molecule has 1 atom stereocenters. The first-order valence-corrected chi connectivity index (χ1v) is 9.23. The first-order chi connectivity index (χ1) is 12.4. The summed E-state index contributed by atoms with van der Waals surface area (Å²) < 4.78 is 5.57. The van der Waals surface area contributed by atoms with E-state index in [2.05, 4.69) is 25.8 Å². The lowest BCUT2D eigenvalue weighted by molar-refractivity contribution is 0.246.